The van der Waals surface area contributed by atoms with E-state index < -0.39 is 17.6 Å². The zero-order valence-corrected chi connectivity index (χ0v) is 24.5. The van der Waals surface area contributed by atoms with Crippen LogP contribution in [0.2, 0.25) is 5.02 Å². The van der Waals surface area contributed by atoms with Crippen molar-refractivity contribution in [2.24, 2.45) is 11.8 Å². The predicted octanol–water partition coefficient (Wildman–Crippen LogP) is 6.42. The minimum Gasteiger partial charge on any atom is -0.341 e. The van der Waals surface area contributed by atoms with Gasteiger partial charge >= 0.3 is 0 Å². The fourth-order valence-corrected chi connectivity index (χ4v) is 6.44. The molecule has 5 rings (SSSR count). The van der Waals surface area contributed by atoms with Crippen molar-refractivity contribution in [3.05, 3.63) is 70.2 Å². The van der Waals surface area contributed by atoms with Gasteiger partial charge in [-0.1, -0.05) is 29.8 Å². The van der Waals surface area contributed by atoms with Crippen molar-refractivity contribution in [1.82, 2.24) is 14.7 Å². The van der Waals surface area contributed by atoms with Crippen LogP contribution in [0.4, 0.5) is 8.78 Å². The first-order valence-corrected chi connectivity index (χ1v) is 14.9. The summed E-state index contributed by atoms with van der Waals surface area (Å²) >= 11 is 6.14. The van der Waals surface area contributed by atoms with Crippen molar-refractivity contribution in [2.45, 2.75) is 70.4 Å². The van der Waals surface area contributed by atoms with E-state index in [-0.39, 0.29) is 29.3 Å². The average molecular weight is 572 g/mol. The molecule has 3 atom stereocenters. The van der Waals surface area contributed by atoms with E-state index in [1.54, 1.807) is 0 Å². The number of carbonyl (C=O) groups is 2. The normalized spacial score (nSPS) is 24.6. The maximum atomic E-state index is 15.0. The number of likely N-dealkylation sites (tertiary alicyclic amines) is 1. The number of hydrogen-bond donors (Lipinski definition) is 0. The molecule has 2 aromatic rings. The molecular weight excluding hydrogens is 532 g/mol. The van der Waals surface area contributed by atoms with Gasteiger partial charge in [-0.15, -0.1) is 0 Å². The van der Waals surface area contributed by atoms with Crippen LogP contribution in [0.15, 0.2) is 42.5 Å². The second-order valence-electron chi connectivity index (χ2n) is 12.7. The summed E-state index contributed by atoms with van der Waals surface area (Å²) in [5.41, 5.74) is 1.26. The SMILES string of the molecule is CC(C)(C)N1CC(C(=O)N2CCC[C@@H](c3ccc(Cl)cc3)N(C(=O)CC3CC3)CC2)[C@H](c2ccc(F)cc2F)C1. The second kappa shape index (κ2) is 11.8. The lowest BCUT2D eigenvalue weighted by molar-refractivity contribution is -0.140. The van der Waals surface area contributed by atoms with Crippen LogP contribution < -0.4 is 0 Å². The molecule has 2 heterocycles. The molecule has 5 nitrogen and oxygen atoms in total. The number of benzene rings is 2. The van der Waals surface area contributed by atoms with Gasteiger partial charge in [0.25, 0.3) is 0 Å². The third-order valence-electron chi connectivity index (χ3n) is 8.89. The molecule has 2 saturated heterocycles. The molecule has 0 aromatic heterocycles. The standard InChI is InChI=1S/C32H40ClF2N3O2/c1-32(2,3)37-19-26(25-13-12-24(34)18-28(25)35)27(20-37)31(40)36-14-4-5-29(22-8-10-23(33)11-9-22)38(16-15-36)30(39)17-21-6-7-21/h8-13,18,21,26-27,29H,4-7,14-17,19-20H2,1-3H3/t26-,27?,29-/m0/s1. The first-order chi connectivity index (χ1) is 19.0. The summed E-state index contributed by atoms with van der Waals surface area (Å²) in [6.45, 7) is 8.79. The highest BCUT2D eigenvalue weighted by Gasteiger charge is 2.44. The van der Waals surface area contributed by atoms with Crippen LogP contribution in [-0.4, -0.2) is 64.8 Å². The third kappa shape index (κ3) is 6.52. The summed E-state index contributed by atoms with van der Waals surface area (Å²) in [6.07, 6.45) is 4.24. The van der Waals surface area contributed by atoms with E-state index in [1.165, 1.54) is 12.1 Å². The van der Waals surface area contributed by atoms with E-state index in [4.69, 9.17) is 11.6 Å². The van der Waals surface area contributed by atoms with Crippen LogP contribution in [0.5, 0.6) is 0 Å². The zero-order chi connectivity index (χ0) is 28.6. The molecule has 0 N–H and O–H groups in total. The molecule has 2 aliphatic heterocycles. The van der Waals surface area contributed by atoms with Gasteiger partial charge in [-0.05, 0) is 81.7 Å². The summed E-state index contributed by atoms with van der Waals surface area (Å²) in [4.78, 5) is 33.7. The molecule has 0 bridgehead atoms. The lowest BCUT2D eigenvalue weighted by Gasteiger charge is -2.38. The quantitative estimate of drug-likeness (QED) is 0.416. The highest BCUT2D eigenvalue weighted by molar-refractivity contribution is 6.30. The first-order valence-electron chi connectivity index (χ1n) is 14.5. The Morgan fingerprint density at radius 1 is 0.950 bits per heavy atom. The van der Waals surface area contributed by atoms with E-state index in [0.29, 0.717) is 55.6 Å². The molecule has 2 aromatic carbocycles. The highest BCUT2D eigenvalue weighted by Crippen LogP contribution is 2.40. The fraction of sp³-hybridized carbons (Fsp3) is 0.562. The van der Waals surface area contributed by atoms with E-state index in [9.17, 15) is 18.4 Å². The van der Waals surface area contributed by atoms with Crippen LogP contribution in [0.25, 0.3) is 0 Å². The second-order valence-corrected chi connectivity index (χ2v) is 13.2. The van der Waals surface area contributed by atoms with Crippen LogP contribution in [0.3, 0.4) is 0 Å². The molecule has 2 amide bonds. The van der Waals surface area contributed by atoms with E-state index >= 15 is 0 Å². The van der Waals surface area contributed by atoms with Gasteiger partial charge in [0.15, 0.2) is 0 Å². The Morgan fingerprint density at radius 2 is 1.68 bits per heavy atom. The molecule has 216 valence electrons. The van der Waals surface area contributed by atoms with Crippen LogP contribution in [-0.2, 0) is 9.59 Å². The van der Waals surface area contributed by atoms with Crippen molar-refractivity contribution in [3.63, 3.8) is 0 Å². The van der Waals surface area contributed by atoms with Gasteiger partial charge in [0.2, 0.25) is 11.8 Å². The molecule has 1 saturated carbocycles. The van der Waals surface area contributed by atoms with Gasteiger partial charge in [0.1, 0.15) is 11.6 Å². The lowest BCUT2D eigenvalue weighted by Crippen LogP contribution is -2.48. The first kappa shape index (κ1) is 29.0. The summed E-state index contributed by atoms with van der Waals surface area (Å²) in [5, 5.41) is 0.662. The molecule has 0 radical (unpaired) electrons. The number of hydrogen-bond acceptors (Lipinski definition) is 3. The molecular formula is C32H40ClF2N3O2. The number of amides is 2. The Kier molecular flexibility index (Phi) is 8.53. The molecule has 40 heavy (non-hydrogen) atoms. The van der Waals surface area contributed by atoms with Crippen molar-refractivity contribution in [2.75, 3.05) is 32.7 Å². The predicted molar refractivity (Wildman–Crippen MR) is 153 cm³/mol. The molecule has 8 heteroatoms. The number of rotatable bonds is 5. The Labute approximate surface area is 241 Å². The molecule has 3 fully saturated rings. The third-order valence-corrected chi connectivity index (χ3v) is 9.14. The maximum Gasteiger partial charge on any atom is 0.227 e. The van der Waals surface area contributed by atoms with E-state index in [1.807, 2.05) is 34.1 Å². The monoisotopic (exact) mass is 571 g/mol. The van der Waals surface area contributed by atoms with Gasteiger partial charge in [-0.25, -0.2) is 8.78 Å². The largest absolute Gasteiger partial charge is 0.341 e. The molecule has 1 unspecified atom stereocenters. The number of halogens is 3. The van der Waals surface area contributed by atoms with Crippen LogP contribution in [0, 0.1) is 23.5 Å². The summed E-state index contributed by atoms with van der Waals surface area (Å²) in [5.74, 6) is -1.44. The topological polar surface area (TPSA) is 43.9 Å². The van der Waals surface area contributed by atoms with E-state index in [2.05, 4.69) is 25.7 Å². The van der Waals surface area contributed by atoms with Crippen molar-refractivity contribution < 1.29 is 18.4 Å². The zero-order valence-electron chi connectivity index (χ0n) is 23.7. The lowest BCUT2D eigenvalue weighted by atomic mass is 9.87. The smallest absolute Gasteiger partial charge is 0.227 e. The van der Waals surface area contributed by atoms with Gasteiger partial charge in [0, 0.05) is 61.7 Å². The van der Waals surface area contributed by atoms with E-state index in [0.717, 1.165) is 37.3 Å². The van der Waals surface area contributed by atoms with Crippen LogP contribution >= 0.6 is 11.6 Å². The van der Waals surface area contributed by atoms with Crippen molar-refractivity contribution >= 4 is 23.4 Å². The fourth-order valence-electron chi connectivity index (χ4n) is 6.32. The molecule has 0 spiro atoms. The van der Waals surface area contributed by atoms with Gasteiger partial charge in [0.05, 0.1) is 12.0 Å². The minimum absolute atomic E-state index is 0.0139. The Balaban J connectivity index is 1.37. The van der Waals surface area contributed by atoms with Crippen molar-refractivity contribution in [3.8, 4) is 0 Å². The van der Waals surface area contributed by atoms with Gasteiger partial charge < -0.3 is 9.80 Å². The summed E-state index contributed by atoms with van der Waals surface area (Å²) in [6, 6.07) is 11.3. The molecule has 1 aliphatic carbocycles. The van der Waals surface area contributed by atoms with Crippen LogP contribution in [0.1, 0.15) is 76.0 Å². The van der Waals surface area contributed by atoms with Crippen molar-refractivity contribution in [1.29, 1.82) is 0 Å². The molecule has 3 aliphatic rings. The Hall–Kier alpha value is -2.51. The van der Waals surface area contributed by atoms with Gasteiger partial charge in [-0.3, -0.25) is 14.5 Å². The Bertz CT molecular complexity index is 1230. The number of carbonyl (C=O) groups excluding carboxylic acids is 2. The minimum atomic E-state index is -0.621. The Morgan fingerprint density at radius 3 is 2.33 bits per heavy atom. The summed E-state index contributed by atoms with van der Waals surface area (Å²) in [7, 11) is 0. The van der Waals surface area contributed by atoms with Gasteiger partial charge in [-0.2, -0.15) is 0 Å². The highest BCUT2D eigenvalue weighted by atomic mass is 35.5. The number of nitrogens with zero attached hydrogens (tertiary/aromatic N) is 3. The maximum absolute atomic E-state index is 15.0. The summed E-state index contributed by atoms with van der Waals surface area (Å²) < 4.78 is 28.7. The average Bonchev–Trinajstić information content (AvgIpc) is 3.57.